The van der Waals surface area contributed by atoms with Gasteiger partial charge in [-0.15, -0.1) is 0 Å². The molecule has 2 rings (SSSR count). The molecule has 1 N–H and O–H groups in total. The van der Waals surface area contributed by atoms with E-state index >= 15 is 0 Å². The smallest absolute Gasteiger partial charge is 0.124 e. The van der Waals surface area contributed by atoms with Crippen molar-refractivity contribution in [3.8, 4) is 0 Å². The van der Waals surface area contributed by atoms with Crippen molar-refractivity contribution in [1.82, 2.24) is 0 Å². The van der Waals surface area contributed by atoms with Gasteiger partial charge in [0.15, 0.2) is 0 Å². The SMILES string of the molecule is Cc1cc(Cl)ccc1C(O)Cc1ccc(F)cc1Br. The minimum absolute atomic E-state index is 0.298. The first kappa shape index (κ1) is 14.5. The molecule has 0 fully saturated rings. The molecule has 1 nitrogen and oxygen atoms in total. The normalized spacial score (nSPS) is 12.5. The predicted octanol–water partition coefficient (Wildman–Crippen LogP) is 4.83. The molecule has 4 heteroatoms. The van der Waals surface area contributed by atoms with E-state index in [1.807, 2.05) is 19.1 Å². The van der Waals surface area contributed by atoms with E-state index in [1.54, 1.807) is 12.1 Å². The summed E-state index contributed by atoms with van der Waals surface area (Å²) in [4.78, 5) is 0. The molecule has 2 aromatic rings. The van der Waals surface area contributed by atoms with Crippen LogP contribution in [0.15, 0.2) is 40.9 Å². The van der Waals surface area contributed by atoms with Gasteiger partial charge in [-0.25, -0.2) is 4.39 Å². The van der Waals surface area contributed by atoms with Gasteiger partial charge in [-0.2, -0.15) is 0 Å². The Morgan fingerprint density at radius 3 is 2.63 bits per heavy atom. The molecule has 0 saturated heterocycles. The number of rotatable bonds is 3. The monoisotopic (exact) mass is 342 g/mol. The number of hydrogen-bond donors (Lipinski definition) is 1. The summed E-state index contributed by atoms with van der Waals surface area (Å²) < 4.78 is 13.7. The van der Waals surface area contributed by atoms with Crippen LogP contribution < -0.4 is 0 Å². The fourth-order valence-corrected chi connectivity index (χ4v) is 2.76. The number of hydrogen-bond acceptors (Lipinski definition) is 1. The van der Waals surface area contributed by atoms with E-state index in [4.69, 9.17) is 11.6 Å². The van der Waals surface area contributed by atoms with E-state index in [0.29, 0.717) is 15.9 Å². The molecule has 0 aromatic heterocycles. The third kappa shape index (κ3) is 3.56. The summed E-state index contributed by atoms with van der Waals surface area (Å²) in [6, 6.07) is 9.86. The molecule has 19 heavy (non-hydrogen) atoms. The van der Waals surface area contributed by atoms with E-state index in [2.05, 4.69) is 15.9 Å². The molecular weight excluding hydrogens is 331 g/mol. The summed E-state index contributed by atoms with van der Waals surface area (Å²) in [7, 11) is 0. The van der Waals surface area contributed by atoms with Gasteiger partial charge < -0.3 is 5.11 Å². The Morgan fingerprint density at radius 1 is 1.26 bits per heavy atom. The molecular formula is C15H13BrClFO. The number of aryl methyl sites for hydroxylation is 1. The molecule has 0 aliphatic carbocycles. The van der Waals surface area contributed by atoms with Crippen molar-refractivity contribution in [1.29, 1.82) is 0 Å². The van der Waals surface area contributed by atoms with Gasteiger partial charge in [0.2, 0.25) is 0 Å². The van der Waals surface area contributed by atoms with Gasteiger partial charge in [-0.3, -0.25) is 0 Å². The van der Waals surface area contributed by atoms with Crippen molar-refractivity contribution in [3.63, 3.8) is 0 Å². The van der Waals surface area contributed by atoms with Crippen molar-refractivity contribution in [3.05, 3.63) is 68.4 Å². The molecule has 1 atom stereocenters. The molecule has 0 aliphatic heterocycles. The van der Waals surface area contributed by atoms with Crippen LogP contribution in [-0.2, 0) is 6.42 Å². The van der Waals surface area contributed by atoms with E-state index < -0.39 is 6.10 Å². The Balaban J connectivity index is 2.23. The first-order chi connectivity index (χ1) is 8.97. The molecule has 0 heterocycles. The Bertz CT molecular complexity index is 601. The van der Waals surface area contributed by atoms with Gasteiger partial charge >= 0.3 is 0 Å². The fraction of sp³-hybridized carbons (Fsp3) is 0.200. The van der Waals surface area contributed by atoms with Crippen LogP contribution in [0.2, 0.25) is 5.02 Å². The van der Waals surface area contributed by atoms with E-state index in [9.17, 15) is 9.50 Å². The van der Waals surface area contributed by atoms with Gasteiger partial charge in [-0.1, -0.05) is 39.7 Å². The maximum Gasteiger partial charge on any atom is 0.124 e. The summed E-state index contributed by atoms with van der Waals surface area (Å²) >= 11 is 9.20. The maximum atomic E-state index is 13.0. The lowest BCUT2D eigenvalue weighted by atomic mass is 9.98. The molecule has 1 unspecified atom stereocenters. The lowest BCUT2D eigenvalue weighted by Gasteiger charge is -2.15. The second-order valence-corrected chi connectivity index (χ2v) is 5.75. The Labute approximate surface area is 125 Å². The van der Waals surface area contributed by atoms with Gasteiger partial charge in [0.25, 0.3) is 0 Å². The number of aliphatic hydroxyl groups excluding tert-OH is 1. The molecule has 0 spiro atoms. The van der Waals surface area contributed by atoms with Crippen LogP contribution in [0.4, 0.5) is 4.39 Å². The average Bonchev–Trinajstić information content (AvgIpc) is 2.32. The van der Waals surface area contributed by atoms with Crippen molar-refractivity contribution >= 4 is 27.5 Å². The molecule has 0 radical (unpaired) electrons. The fourth-order valence-electron chi connectivity index (χ4n) is 2.02. The second-order valence-electron chi connectivity index (χ2n) is 4.46. The number of halogens is 3. The Hall–Kier alpha value is -0.900. The molecule has 0 amide bonds. The summed E-state index contributed by atoms with van der Waals surface area (Å²) in [6.07, 6.45) is -0.220. The van der Waals surface area contributed by atoms with Crippen LogP contribution in [0.3, 0.4) is 0 Å². The van der Waals surface area contributed by atoms with Gasteiger partial charge in [0.05, 0.1) is 6.10 Å². The number of benzene rings is 2. The molecule has 100 valence electrons. The van der Waals surface area contributed by atoms with Crippen LogP contribution in [0.1, 0.15) is 22.8 Å². The highest BCUT2D eigenvalue weighted by Gasteiger charge is 2.13. The Morgan fingerprint density at radius 2 is 2.00 bits per heavy atom. The standard InChI is InChI=1S/C15H13BrClFO/c1-9-6-11(17)3-5-13(9)15(19)7-10-2-4-12(18)8-14(10)16/h2-6,8,15,19H,7H2,1H3. The first-order valence-electron chi connectivity index (χ1n) is 5.85. The van der Waals surface area contributed by atoms with E-state index in [0.717, 1.165) is 16.7 Å². The summed E-state index contributed by atoms with van der Waals surface area (Å²) in [5, 5.41) is 10.9. The van der Waals surface area contributed by atoms with Crippen molar-refractivity contribution in [2.75, 3.05) is 0 Å². The predicted molar refractivity (Wildman–Crippen MR) is 79.0 cm³/mol. The molecule has 0 saturated carbocycles. The molecule has 2 aromatic carbocycles. The largest absolute Gasteiger partial charge is 0.388 e. The van der Waals surface area contributed by atoms with E-state index in [-0.39, 0.29) is 5.82 Å². The minimum atomic E-state index is -0.640. The lowest BCUT2D eigenvalue weighted by molar-refractivity contribution is 0.177. The second kappa shape index (κ2) is 6.04. The summed E-state index contributed by atoms with van der Waals surface area (Å²) in [5.41, 5.74) is 2.64. The zero-order chi connectivity index (χ0) is 14.0. The average molecular weight is 344 g/mol. The molecule has 0 aliphatic rings. The highest BCUT2D eigenvalue weighted by molar-refractivity contribution is 9.10. The zero-order valence-electron chi connectivity index (χ0n) is 10.3. The lowest BCUT2D eigenvalue weighted by Crippen LogP contribution is -2.04. The van der Waals surface area contributed by atoms with Crippen molar-refractivity contribution in [2.45, 2.75) is 19.4 Å². The highest BCUT2D eigenvalue weighted by Crippen LogP contribution is 2.27. The highest BCUT2D eigenvalue weighted by atomic mass is 79.9. The van der Waals surface area contributed by atoms with Crippen LogP contribution in [0, 0.1) is 12.7 Å². The quantitative estimate of drug-likeness (QED) is 0.846. The van der Waals surface area contributed by atoms with Crippen LogP contribution in [0.25, 0.3) is 0 Å². The van der Waals surface area contributed by atoms with E-state index in [1.165, 1.54) is 12.1 Å². The minimum Gasteiger partial charge on any atom is -0.388 e. The van der Waals surface area contributed by atoms with Gasteiger partial charge in [0.1, 0.15) is 5.82 Å². The topological polar surface area (TPSA) is 20.2 Å². The van der Waals surface area contributed by atoms with Gasteiger partial charge in [0, 0.05) is 15.9 Å². The third-order valence-electron chi connectivity index (χ3n) is 3.02. The molecule has 0 bridgehead atoms. The van der Waals surface area contributed by atoms with Crippen molar-refractivity contribution < 1.29 is 9.50 Å². The summed E-state index contributed by atoms with van der Waals surface area (Å²) in [6.45, 7) is 1.91. The van der Waals surface area contributed by atoms with Crippen LogP contribution >= 0.6 is 27.5 Å². The van der Waals surface area contributed by atoms with Crippen molar-refractivity contribution in [2.24, 2.45) is 0 Å². The van der Waals surface area contributed by atoms with Crippen LogP contribution in [-0.4, -0.2) is 5.11 Å². The summed E-state index contributed by atoms with van der Waals surface area (Å²) in [5.74, 6) is -0.298. The zero-order valence-corrected chi connectivity index (χ0v) is 12.7. The van der Waals surface area contributed by atoms with Crippen LogP contribution in [0.5, 0.6) is 0 Å². The van der Waals surface area contributed by atoms with Gasteiger partial charge in [-0.05, 0) is 47.9 Å². The Kier molecular flexibility index (Phi) is 4.61. The maximum absolute atomic E-state index is 13.0. The third-order valence-corrected chi connectivity index (χ3v) is 3.99. The number of aliphatic hydroxyl groups is 1. The first-order valence-corrected chi connectivity index (χ1v) is 7.02.